The summed E-state index contributed by atoms with van der Waals surface area (Å²) in [6.45, 7) is 5.69. The van der Waals surface area contributed by atoms with E-state index in [1.54, 1.807) is 6.07 Å². The Balaban J connectivity index is 2.21. The van der Waals surface area contributed by atoms with Gasteiger partial charge in [-0.1, -0.05) is 25.5 Å². The molecule has 1 aromatic rings. The highest BCUT2D eigenvalue weighted by Gasteiger charge is 2.07. The number of ether oxygens (including phenoxy) is 2. The van der Waals surface area contributed by atoms with Crippen LogP contribution in [-0.4, -0.2) is 32.3 Å². The smallest absolute Gasteiger partial charge is 0.250 e. The Labute approximate surface area is 120 Å². The first-order valence-corrected chi connectivity index (χ1v) is 6.95. The Morgan fingerprint density at radius 1 is 1.25 bits per heavy atom. The molecule has 5 heteroatoms. The van der Waals surface area contributed by atoms with Crippen molar-refractivity contribution in [2.24, 2.45) is 0 Å². The summed E-state index contributed by atoms with van der Waals surface area (Å²) in [4.78, 5) is 11.7. The number of unbranched alkanes of at least 4 members (excludes halogenated alkanes) is 1. The number of nitrogens with one attached hydrogen (secondary N) is 1. The van der Waals surface area contributed by atoms with Gasteiger partial charge in [-0.15, -0.1) is 0 Å². The fraction of sp³-hybridized carbons (Fsp3) is 0.533. The predicted molar refractivity (Wildman–Crippen MR) is 80.8 cm³/mol. The molecule has 0 saturated carbocycles. The molecule has 0 aliphatic carbocycles. The summed E-state index contributed by atoms with van der Waals surface area (Å²) in [5.74, 6) is -0.209. The summed E-state index contributed by atoms with van der Waals surface area (Å²) >= 11 is 0. The number of nitrogen functional groups attached to an aromatic ring is 1. The van der Waals surface area contributed by atoms with Crippen molar-refractivity contribution in [2.45, 2.75) is 26.7 Å². The van der Waals surface area contributed by atoms with E-state index in [-0.39, 0.29) is 12.5 Å². The van der Waals surface area contributed by atoms with Gasteiger partial charge in [-0.3, -0.25) is 4.79 Å². The Morgan fingerprint density at radius 3 is 2.70 bits per heavy atom. The third-order valence-electron chi connectivity index (χ3n) is 2.82. The molecule has 0 fully saturated rings. The zero-order chi connectivity index (χ0) is 14.8. The van der Waals surface area contributed by atoms with Gasteiger partial charge in [0.25, 0.3) is 0 Å². The first kappa shape index (κ1) is 16.5. The van der Waals surface area contributed by atoms with E-state index in [0.717, 1.165) is 25.0 Å². The monoisotopic (exact) mass is 280 g/mol. The minimum atomic E-state index is -0.209. The molecule has 112 valence electrons. The van der Waals surface area contributed by atoms with Crippen LogP contribution in [0.15, 0.2) is 18.2 Å². The predicted octanol–water partition coefficient (Wildman–Crippen LogP) is 2.35. The van der Waals surface area contributed by atoms with E-state index in [4.69, 9.17) is 15.2 Å². The van der Waals surface area contributed by atoms with Crippen molar-refractivity contribution in [3.05, 3.63) is 23.8 Å². The number of para-hydroxylation sites is 1. The zero-order valence-electron chi connectivity index (χ0n) is 12.3. The van der Waals surface area contributed by atoms with Crippen molar-refractivity contribution in [3.8, 4) is 0 Å². The molecule has 20 heavy (non-hydrogen) atoms. The van der Waals surface area contributed by atoms with Gasteiger partial charge in [-0.05, 0) is 25.0 Å². The van der Waals surface area contributed by atoms with Crippen molar-refractivity contribution >= 4 is 17.3 Å². The molecular formula is C15H24N2O3. The van der Waals surface area contributed by atoms with Crippen LogP contribution in [-0.2, 0) is 14.3 Å². The standard InChI is InChI=1S/C15H24N2O3/c1-3-4-8-19-9-10-20-11-14(18)17-15-12(2)6-5-7-13(15)16/h5-7H,3-4,8-11,16H2,1-2H3,(H,17,18). The van der Waals surface area contributed by atoms with Gasteiger partial charge in [0.05, 0.1) is 24.6 Å². The molecule has 0 heterocycles. The topological polar surface area (TPSA) is 73.6 Å². The van der Waals surface area contributed by atoms with Crippen molar-refractivity contribution in [1.82, 2.24) is 0 Å². The summed E-state index contributed by atoms with van der Waals surface area (Å²) in [5.41, 5.74) is 7.96. The van der Waals surface area contributed by atoms with Crippen LogP contribution in [0.1, 0.15) is 25.3 Å². The minimum Gasteiger partial charge on any atom is -0.397 e. The first-order chi connectivity index (χ1) is 9.65. The molecule has 1 aromatic carbocycles. The van der Waals surface area contributed by atoms with Gasteiger partial charge in [0.15, 0.2) is 0 Å². The highest BCUT2D eigenvalue weighted by Crippen LogP contribution is 2.22. The number of amides is 1. The molecule has 1 rings (SSSR count). The molecule has 0 aliphatic heterocycles. The number of rotatable bonds is 9. The minimum absolute atomic E-state index is 0.00487. The molecule has 5 nitrogen and oxygen atoms in total. The zero-order valence-corrected chi connectivity index (χ0v) is 12.3. The van der Waals surface area contributed by atoms with Crippen LogP contribution in [0.2, 0.25) is 0 Å². The normalized spacial score (nSPS) is 10.5. The average molecular weight is 280 g/mol. The molecule has 0 atom stereocenters. The van der Waals surface area contributed by atoms with E-state index in [1.165, 1.54) is 0 Å². The lowest BCUT2D eigenvalue weighted by Gasteiger charge is -2.11. The summed E-state index contributed by atoms with van der Waals surface area (Å²) < 4.78 is 10.6. The van der Waals surface area contributed by atoms with Crippen molar-refractivity contribution in [2.75, 3.05) is 37.5 Å². The van der Waals surface area contributed by atoms with Crippen LogP contribution in [0.5, 0.6) is 0 Å². The lowest BCUT2D eigenvalue weighted by molar-refractivity contribution is -0.121. The molecule has 0 spiro atoms. The van der Waals surface area contributed by atoms with Crippen molar-refractivity contribution < 1.29 is 14.3 Å². The number of hydrogen-bond donors (Lipinski definition) is 2. The maximum Gasteiger partial charge on any atom is 0.250 e. The molecule has 0 unspecified atom stereocenters. The number of nitrogens with two attached hydrogens (primary N) is 1. The molecular weight excluding hydrogens is 256 g/mol. The maximum absolute atomic E-state index is 11.7. The molecule has 0 radical (unpaired) electrons. The van der Waals surface area contributed by atoms with E-state index in [0.29, 0.717) is 24.6 Å². The third kappa shape index (κ3) is 6.04. The third-order valence-corrected chi connectivity index (χ3v) is 2.82. The van der Waals surface area contributed by atoms with Crippen LogP contribution in [0.4, 0.5) is 11.4 Å². The second-order valence-corrected chi connectivity index (χ2v) is 4.61. The second-order valence-electron chi connectivity index (χ2n) is 4.61. The molecule has 0 bridgehead atoms. The number of aryl methyl sites for hydroxylation is 1. The Hall–Kier alpha value is -1.59. The Bertz CT molecular complexity index is 401. The number of carbonyl (C=O) groups is 1. The summed E-state index contributed by atoms with van der Waals surface area (Å²) in [6.07, 6.45) is 2.16. The van der Waals surface area contributed by atoms with E-state index in [9.17, 15) is 4.79 Å². The Morgan fingerprint density at radius 2 is 2.00 bits per heavy atom. The summed E-state index contributed by atoms with van der Waals surface area (Å²) in [7, 11) is 0. The average Bonchev–Trinajstić information content (AvgIpc) is 2.42. The molecule has 0 aliphatic rings. The van der Waals surface area contributed by atoms with Gasteiger partial charge in [0, 0.05) is 6.61 Å². The van der Waals surface area contributed by atoms with E-state index in [2.05, 4.69) is 12.2 Å². The first-order valence-electron chi connectivity index (χ1n) is 6.95. The van der Waals surface area contributed by atoms with Crippen molar-refractivity contribution in [3.63, 3.8) is 0 Å². The van der Waals surface area contributed by atoms with Gasteiger partial charge in [-0.25, -0.2) is 0 Å². The van der Waals surface area contributed by atoms with Gasteiger partial charge in [0.1, 0.15) is 6.61 Å². The van der Waals surface area contributed by atoms with Crippen LogP contribution in [0.3, 0.4) is 0 Å². The largest absolute Gasteiger partial charge is 0.397 e. The molecule has 0 aromatic heterocycles. The van der Waals surface area contributed by atoms with Gasteiger partial charge in [0.2, 0.25) is 5.91 Å². The van der Waals surface area contributed by atoms with Gasteiger partial charge in [-0.2, -0.15) is 0 Å². The number of benzene rings is 1. The van der Waals surface area contributed by atoms with E-state index >= 15 is 0 Å². The summed E-state index contributed by atoms with van der Waals surface area (Å²) in [6, 6.07) is 5.50. The van der Waals surface area contributed by atoms with E-state index < -0.39 is 0 Å². The highest BCUT2D eigenvalue weighted by atomic mass is 16.5. The van der Waals surface area contributed by atoms with Crippen LogP contribution >= 0.6 is 0 Å². The fourth-order valence-corrected chi connectivity index (χ4v) is 1.67. The SMILES string of the molecule is CCCCOCCOCC(=O)Nc1c(C)cccc1N. The number of anilines is 2. The lowest BCUT2D eigenvalue weighted by Crippen LogP contribution is -2.21. The number of carbonyl (C=O) groups excluding carboxylic acids is 1. The second kappa shape index (κ2) is 9.34. The lowest BCUT2D eigenvalue weighted by atomic mass is 10.1. The van der Waals surface area contributed by atoms with Crippen molar-refractivity contribution in [1.29, 1.82) is 0 Å². The van der Waals surface area contributed by atoms with Gasteiger partial charge >= 0.3 is 0 Å². The van der Waals surface area contributed by atoms with Gasteiger partial charge < -0.3 is 20.5 Å². The fourth-order valence-electron chi connectivity index (χ4n) is 1.67. The maximum atomic E-state index is 11.7. The van der Waals surface area contributed by atoms with Crippen LogP contribution in [0.25, 0.3) is 0 Å². The van der Waals surface area contributed by atoms with E-state index in [1.807, 2.05) is 19.1 Å². The molecule has 3 N–H and O–H groups in total. The Kier molecular flexibility index (Phi) is 7.69. The summed E-state index contributed by atoms with van der Waals surface area (Å²) in [5, 5.41) is 2.76. The molecule has 0 saturated heterocycles. The molecule has 1 amide bonds. The quantitative estimate of drug-likeness (QED) is 0.538. The number of hydrogen-bond acceptors (Lipinski definition) is 4. The van der Waals surface area contributed by atoms with Crippen LogP contribution in [0, 0.1) is 6.92 Å². The van der Waals surface area contributed by atoms with Crippen LogP contribution < -0.4 is 11.1 Å². The highest BCUT2D eigenvalue weighted by molar-refractivity contribution is 5.95.